The third-order valence-corrected chi connectivity index (χ3v) is 3.18. The highest BCUT2D eigenvalue weighted by molar-refractivity contribution is 5.21. The first-order valence-corrected chi connectivity index (χ1v) is 6.51. The minimum atomic E-state index is 0.288. The smallest absolute Gasteiger partial charge is 0.111 e. The molecule has 2 rings (SSSR count). The molecule has 3 nitrogen and oxygen atoms in total. The van der Waals surface area contributed by atoms with E-state index in [1.807, 2.05) is 12.3 Å². The van der Waals surface area contributed by atoms with Crippen molar-refractivity contribution in [2.24, 2.45) is 5.73 Å². The van der Waals surface area contributed by atoms with Crippen molar-refractivity contribution in [1.82, 2.24) is 9.55 Å². The summed E-state index contributed by atoms with van der Waals surface area (Å²) in [5.74, 6) is 1.54. The van der Waals surface area contributed by atoms with Gasteiger partial charge >= 0.3 is 0 Å². The Morgan fingerprint density at radius 3 is 2.56 bits per heavy atom. The van der Waals surface area contributed by atoms with Crippen molar-refractivity contribution in [3.05, 3.63) is 54.1 Å². The van der Waals surface area contributed by atoms with E-state index >= 15 is 0 Å². The molecule has 1 unspecified atom stereocenters. The second-order valence-electron chi connectivity index (χ2n) is 4.85. The summed E-state index contributed by atoms with van der Waals surface area (Å²) >= 11 is 0. The number of hydrogen-bond acceptors (Lipinski definition) is 2. The summed E-state index contributed by atoms with van der Waals surface area (Å²) in [4.78, 5) is 4.47. The molecular formula is C15H21N3. The van der Waals surface area contributed by atoms with Gasteiger partial charge in [-0.15, -0.1) is 0 Å². The van der Waals surface area contributed by atoms with Crippen LogP contribution in [-0.4, -0.2) is 16.1 Å². The molecule has 0 amide bonds. The first kappa shape index (κ1) is 12.8. The van der Waals surface area contributed by atoms with E-state index in [-0.39, 0.29) is 6.04 Å². The van der Waals surface area contributed by atoms with E-state index in [2.05, 4.69) is 53.9 Å². The molecule has 1 aromatic carbocycles. The fourth-order valence-corrected chi connectivity index (χ4v) is 2.33. The molecule has 18 heavy (non-hydrogen) atoms. The van der Waals surface area contributed by atoms with Crippen LogP contribution in [0.25, 0.3) is 0 Å². The topological polar surface area (TPSA) is 43.8 Å². The van der Waals surface area contributed by atoms with Gasteiger partial charge in [-0.25, -0.2) is 4.98 Å². The lowest BCUT2D eigenvalue weighted by Gasteiger charge is -2.22. The maximum absolute atomic E-state index is 5.77. The van der Waals surface area contributed by atoms with Crippen LogP contribution in [0.1, 0.15) is 43.6 Å². The third kappa shape index (κ3) is 2.62. The highest BCUT2D eigenvalue weighted by atomic mass is 15.1. The Balaban J connectivity index is 2.39. The predicted octanol–water partition coefficient (Wildman–Crippen LogP) is 2.94. The monoisotopic (exact) mass is 243 g/mol. The SMILES string of the molecule is CC(C)c1nccn1C(CCN)c1ccccc1. The summed E-state index contributed by atoms with van der Waals surface area (Å²) in [6.45, 7) is 5.02. The van der Waals surface area contributed by atoms with Crippen LogP contribution in [0.2, 0.25) is 0 Å². The minimum absolute atomic E-state index is 0.288. The van der Waals surface area contributed by atoms with E-state index in [1.165, 1.54) is 5.56 Å². The van der Waals surface area contributed by atoms with E-state index in [0.717, 1.165) is 12.2 Å². The largest absolute Gasteiger partial charge is 0.330 e. The second kappa shape index (κ2) is 5.83. The van der Waals surface area contributed by atoms with E-state index in [0.29, 0.717) is 12.5 Å². The van der Waals surface area contributed by atoms with Gasteiger partial charge in [0, 0.05) is 18.3 Å². The van der Waals surface area contributed by atoms with Crippen LogP contribution >= 0.6 is 0 Å². The molecule has 0 spiro atoms. The molecule has 0 bridgehead atoms. The molecular weight excluding hydrogens is 222 g/mol. The fraction of sp³-hybridized carbons (Fsp3) is 0.400. The van der Waals surface area contributed by atoms with Gasteiger partial charge in [0.15, 0.2) is 0 Å². The summed E-state index contributed by atoms with van der Waals surface area (Å²) in [5, 5.41) is 0. The number of nitrogens with two attached hydrogens (primary N) is 1. The molecule has 0 radical (unpaired) electrons. The highest BCUT2D eigenvalue weighted by Gasteiger charge is 2.17. The van der Waals surface area contributed by atoms with E-state index in [9.17, 15) is 0 Å². The van der Waals surface area contributed by atoms with Crippen molar-refractivity contribution < 1.29 is 0 Å². The van der Waals surface area contributed by atoms with Crippen molar-refractivity contribution in [2.75, 3.05) is 6.54 Å². The number of imidazole rings is 1. The number of benzene rings is 1. The first-order valence-electron chi connectivity index (χ1n) is 6.51. The molecule has 0 aliphatic heterocycles. The summed E-state index contributed by atoms with van der Waals surface area (Å²) in [6.07, 6.45) is 4.87. The Morgan fingerprint density at radius 1 is 1.22 bits per heavy atom. The zero-order valence-electron chi connectivity index (χ0n) is 11.1. The van der Waals surface area contributed by atoms with Gasteiger partial charge < -0.3 is 10.3 Å². The molecule has 0 aliphatic carbocycles. The Labute approximate surface area is 109 Å². The van der Waals surface area contributed by atoms with Crippen LogP contribution in [0.15, 0.2) is 42.7 Å². The van der Waals surface area contributed by atoms with Gasteiger partial charge in [-0.3, -0.25) is 0 Å². The van der Waals surface area contributed by atoms with Crippen molar-refractivity contribution in [3.8, 4) is 0 Å². The van der Waals surface area contributed by atoms with Crippen LogP contribution in [0, 0.1) is 0 Å². The quantitative estimate of drug-likeness (QED) is 0.877. The average Bonchev–Trinajstić information content (AvgIpc) is 2.86. The second-order valence-corrected chi connectivity index (χ2v) is 4.85. The van der Waals surface area contributed by atoms with E-state index in [4.69, 9.17) is 5.73 Å². The molecule has 96 valence electrons. The third-order valence-electron chi connectivity index (χ3n) is 3.18. The van der Waals surface area contributed by atoms with Gasteiger partial charge in [0.2, 0.25) is 0 Å². The summed E-state index contributed by atoms with van der Waals surface area (Å²) < 4.78 is 2.26. The number of hydrogen-bond donors (Lipinski definition) is 1. The van der Waals surface area contributed by atoms with Crippen LogP contribution in [0.3, 0.4) is 0 Å². The Kier molecular flexibility index (Phi) is 4.15. The normalized spacial score (nSPS) is 12.9. The van der Waals surface area contributed by atoms with Crippen LogP contribution < -0.4 is 5.73 Å². The summed E-state index contributed by atoms with van der Waals surface area (Å²) in [7, 11) is 0. The standard InChI is InChI=1S/C15H21N3/c1-12(2)15-17-10-11-18(15)14(8-9-16)13-6-4-3-5-7-13/h3-7,10-12,14H,8-9,16H2,1-2H3. The van der Waals surface area contributed by atoms with Gasteiger partial charge in [-0.05, 0) is 18.5 Å². The average molecular weight is 243 g/mol. The number of rotatable bonds is 5. The van der Waals surface area contributed by atoms with Crippen molar-refractivity contribution in [1.29, 1.82) is 0 Å². The lowest BCUT2D eigenvalue weighted by atomic mass is 10.0. The highest BCUT2D eigenvalue weighted by Crippen LogP contribution is 2.25. The van der Waals surface area contributed by atoms with Gasteiger partial charge in [0.25, 0.3) is 0 Å². The zero-order valence-corrected chi connectivity index (χ0v) is 11.1. The molecule has 1 aromatic heterocycles. The maximum atomic E-state index is 5.77. The molecule has 1 atom stereocenters. The molecule has 0 aliphatic rings. The van der Waals surface area contributed by atoms with Crippen molar-refractivity contribution in [3.63, 3.8) is 0 Å². The van der Waals surface area contributed by atoms with Gasteiger partial charge in [0.1, 0.15) is 5.82 Å². The Morgan fingerprint density at radius 2 is 1.94 bits per heavy atom. The summed E-state index contributed by atoms with van der Waals surface area (Å²) in [6, 6.07) is 10.8. The molecule has 0 saturated heterocycles. The Hall–Kier alpha value is -1.61. The van der Waals surface area contributed by atoms with E-state index in [1.54, 1.807) is 0 Å². The van der Waals surface area contributed by atoms with Gasteiger partial charge in [-0.1, -0.05) is 44.2 Å². The molecule has 1 heterocycles. The molecule has 3 heteroatoms. The fourth-order valence-electron chi connectivity index (χ4n) is 2.33. The van der Waals surface area contributed by atoms with Crippen LogP contribution in [0.4, 0.5) is 0 Å². The lowest BCUT2D eigenvalue weighted by Crippen LogP contribution is -2.17. The van der Waals surface area contributed by atoms with Crippen LogP contribution in [-0.2, 0) is 0 Å². The lowest BCUT2D eigenvalue weighted by molar-refractivity contribution is 0.513. The Bertz CT molecular complexity index is 473. The van der Waals surface area contributed by atoms with E-state index < -0.39 is 0 Å². The molecule has 0 saturated carbocycles. The summed E-state index contributed by atoms with van der Waals surface area (Å²) in [5.41, 5.74) is 7.06. The van der Waals surface area contributed by atoms with Crippen molar-refractivity contribution >= 4 is 0 Å². The van der Waals surface area contributed by atoms with Crippen molar-refractivity contribution in [2.45, 2.75) is 32.2 Å². The van der Waals surface area contributed by atoms with Crippen LogP contribution in [0.5, 0.6) is 0 Å². The molecule has 2 aromatic rings. The predicted molar refractivity (Wildman–Crippen MR) is 74.6 cm³/mol. The van der Waals surface area contributed by atoms with Gasteiger partial charge in [0.05, 0.1) is 6.04 Å². The maximum Gasteiger partial charge on any atom is 0.111 e. The zero-order chi connectivity index (χ0) is 13.0. The van der Waals surface area contributed by atoms with Gasteiger partial charge in [-0.2, -0.15) is 0 Å². The number of nitrogens with zero attached hydrogens (tertiary/aromatic N) is 2. The minimum Gasteiger partial charge on any atom is -0.330 e. The molecule has 2 N–H and O–H groups in total. The molecule has 0 fully saturated rings. The number of aromatic nitrogens is 2. The first-order chi connectivity index (χ1) is 8.74.